The van der Waals surface area contributed by atoms with Crippen LogP contribution in [0.4, 0.5) is 0 Å². The summed E-state index contributed by atoms with van der Waals surface area (Å²) in [5, 5.41) is 15.6. The number of amides is 2. The van der Waals surface area contributed by atoms with Gasteiger partial charge in [-0.1, -0.05) is 324 Å². The summed E-state index contributed by atoms with van der Waals surface area (Å²) >= 11 is 0. The Kier molecular flexibility index (Phi) is 74.7. The van der Waals surface area contributed by atoms with E-state index in [1.165, 1.54) is 244 Å². The van der Waals surface area contributed by atoms with Crippen LogP contribution in [0.3, 0.4) is 0 Å². The van der Waals surface area contributed by atoms with Gasteiger partial charge in [-0.15, -0.1) is 0 Å². The Bertz CT molecular complexity index is 1720. The summed E-state index contributed by atoms with van der Waals surface area (Å²) in [5.41, 5.74) is 0. The summed E-state index contributed by atoms with van der Waals surface area (Å²) in [6.07, 6.45) is 66.3. The van der Waals surface area contributed by atoms with Gasteiger partial charge in [0.15, 0.2) is 0 Å². The highest BCUT2D eigenvalue weighted by atomic mass is 32.2. The summed E-state index contributed by atoms with van der Waals surface area (Å²) in [6, 6.07) is -0.969. The minimum atomic E-state index is -3.65. The number of hydrogen-bond donors (Lipinski definition) is 3. The van der Waals surface area contributed by atoms with Crippen molar-refractivity contribution >= 4 is 33.9 Å². The van der Waals surface area contributed by atoms with Gasteiger partial charge in [-0.25, -0.2) is 0 Å². The zero-order chi connectivity index (χ0) is 69.3. The van der Waals surface area contributed by atoms with Crippen LogP contribution >= 0.6 is 0 Å². The lowest BCUT2D eigenvalue weighted by atomic mass is 10.1. The van der Waals surface area contributed by atoms with E-state index in [1.807, 2.05) is 0 Å². The molecule has 0 aromatic rings. The zero-order valence-electron chi connectivity index (χ0n) is 62.9. The summed E-state index contributed by atoms with van der Waals surface area (Å²) < 4.78 is 51.9. The zero-order valence-corrected chi connectivity index (χ0v) is 63.7. The van der Waals surface area contributed by atoms with E-state index in [9.17, 15) is 32.7 Å². The second-order valence-electron chi connectivity index (χ2n) is 27.8. The van der Waals surface area contributed by atoms with E-state index in [4.69, 9.17) is 23.1 Å². The van der Waals surface area contributed by atoms with Gasteiger partial charge in [0.05, 0.1) is 58.0 Å². The fraction of sp³-hybridized carbons (Fsp3) is 0.949. The summed E-state index contributed by atoms with van der Waals surface area (Å²) in [7, 11) is -3.65. The molecule has 4 atom stereocenters. The van der Waals surface area contributed by atoms with Crippen molar-refractivity contribution in [3.8, 4) is 0 Å². The molecule has 0 aliphatic carbocycles. The van der Waals surface area contributed by atoms with Crippen LogP contribution in [-0.4, -0.2) is 107 Å². The van der Waals surface area contributed by atoms with Crippen LogP contribution in [0.2, 0.25) is 0 Å². The fourth-order valence-electron chi connectivity index (χ4n) is 12.0. The second kappa shape index (κ2) is 74.9. The van der Waals surface area contributed by atoms with Gasteiger partial charge in [-0.05, 0) is 51.4 Å². The number of ether oxygens (including phenoxy) is 4. The van der Waals surface area contributed by atoms with Gasteiger partial charge in [0.1, 0.15) is 12.2 Å². The molecule has 0 aliphatic rings. The maximum atomic E-state index is 12.7. The van der Waals surface area contributed by atoms with Gasteiger partial charge in [0.2, 0.25) is 11.8 Å². The van der Waals surface area contributed by atoms with E-state index in [0.717, 1.165) is 96.1 Å². The molecule has 0 aromatic carbocycles. The Hall–Kier alpha value is -2.33. The molecule has 0 saturated heterocycles. The molecule has 0 unspecified atom stereocenters. The Morgan fingerprint density at radius 3 is 0.840 bits per heavy atom. The molecule has 3 N–H and O–H groups in total. The van der Waals surface area contributed by atoms with Crippen LogP contribution in [0.25, 0.3) is 0 Å². The third kappa shape index (κ3) is 73.9. The summed E-state index contributed by atoms with van der Waals surface area (Å²) in [5.74, 6) is -0.337. The van der Waals surface area contributed by atoms with E-state index < -0.39 is 22.2 Å². The molecule has 14 nitrogen and oxygen atoms in total. The van der Waals surface area contributed by atoms with E-state index in [2.05, 4.69) is 52.2 Å². The van der Waals surface area contributed by atoms with Crippen molar-refractivity contribution in [2.45, 2.75) is 438 Å². The number of aliphatic hydroxyl groups excluding tert-OH is 1. The molecule has 0 aromatic heterocycles. The third-order valence-electron chi connectivity index (χ3n) is 18.1. The molecule has 0 aliphatic heterocycles. The van der Waals surface area contributed by atoms with Crippen LogP contribution in [0.5, 0.6) is 0 Å². The van der Waals surface area contributed by atoms with E-state index in [1.54, 1.807) is 0 Å². The first-order chi connectivity index (χ1) is 45.8. The molecule has 0 radical (unpaired) electrons. The van der Waals surface area contributed by atoms with Crippen LogP contribution in [0.15, 0.2) is 0 Å². The Morgan fingerprint density at radius 2 is 0.564 bits per heavy atom. The molecule has 94 heavy (non-hydrogen) atoms. The minimum Gasteiger partial charge on any atom is -0.462 e. The predicted octanol–water partition coefficient (Wildman–Crippen LogP) is 21.5. The Balaban J connectivity index is 0. The van der Waals surface area contributed by atoms with Gasteiger partial charge in [-0.3, -0.25) is 23.4 Å². The standard InChI is InChI=1S/C40H79NO7S.C39H77NO5/c1-5-8-11-14-16-18-19-21-22-25-28-31-39(42)41-37(36-47-49(4,44)45)35-46-34-33-38(30-27-24-13-10-7-3)48-40(43)32-29-26-23-20-17-15-12-9-6-2;1-4-7-10-13-15-17-18-20-21-24-27-30-38(42)40-36(34-41)35-44-33-32-37(29-26-23-12-9-6-3)45-39(43)31-28-25-22-19-16-14-11-8-5-2/h37-38H,5-36H2,1-4H3,(H,41,42);36-37,41H,4-35H2,1-3H3,(H,40,42)/t37-,38-;36-,37+/m10/s1. The van der Waals surface area contributed by atoms with Crippen LogP contribution in [0, 0.1) is 0 Å². The first-order valence-electron chi connectivity index (χ1n) is 40.4. The van der Waals surface area contributed by atoms with Gasteiger partial charge in [0, 0.05) is 38.5 Å². The topological polar surface area (TPSA) is 193 Å². The quantitative estimate of drug-likeness (QED) is 0.0297. The number of rotatable bonds is 74. The molecular formula is C79H156N2O12S. The molecule has 2 amide bonds. The number of hydrogen-bond acceptors (Lipinski definition) is 12. The van der Waals surface area contributed by atoms with Crippen molar-refractivity contribution < 1.29 is 55.8 Å². The van der Waals surface area contributed by atoms with Crippen molar-refractivity contribution in [2.75, 3.05) is 45.9 Å². The highest BCUT2D eigenvalue weighted by molar-refractivity contribution is 7.86. The lowest BCUT2D eigenvalue weighted by Gasteiger charge is -2.21. The minimum absolute atomic E-state index is 0.0102. The van der Waals surface area contributed by atoms with Crippen molar-refractivity contribution in [2.24, 2.45) is 0 Å². The molecule has 0 spiro atoms. The lowest BCUT2D eigenvalue weighted by Crippen LogP contribution is -2.42. The molecule has 0 heterocycles. The molecule has 0 saturated carbocycles. The second-order valence-corrected chi connectivity index (χ2v) is 29.4. The summed E-state index contributed by atoms with van der Waals surface area (Å²) in [6.45, 7) is 14.3. The first kappa shape index (κ1) is 93.7. The lowest BCUT2D eigenvalue weighted by molar-refractivity contribution is -0.151. The van der Waals surface area contributed by atoms with Crippen molar-refractivity contribution in [1.82, 2.24) is 10.6 Å². The largest absolute Gasteiger partial charge is 0.462 e. The number of unbranched alkanes of at least 4 members (excludes halogenated alkanes) is 44. The van der Waals surface area contributed by atoms with Gasteiger partial charge in [0.25, 0.3) is 10.1 Å². The molecule has 15 heteroatoms. The highest BCUT2D eigenvalue weighted by Gasteiger charge is 2.20. The van der Waals surface area contributed by atoms with Crippen LogP contribution in [0.1, 0.15) is 414 Å². The van der Waals surface area contributed by atoms with Crippen LogP contribution < -0.4 is 10.6 Å². The van der Waals surface area contributed by atoms with Gasteiger partial charge >= 0.3 is 11.9 Å². The molecular weight excluding hydrogens is 1200 g/mol. The molecule has 560 valence electrons. The van der Waals surface area contributed by atoms with Crippen molar-refractivity contribution in [3.05, 3.63) is 0 Å². The van der Waals surface area contributed by atoms with Gasteiger partial charge < -0.3 is 34.7 Å². The smallest absolute Gasteiger partial charge is 0.306 e. The highest BCUT2D eigenvalue weighted by Crippen LogP contribution is 2.20. The number of carbonyl (C=O) groups is 4. The molecule has 0 fully saturated rings. The normalized spacial score (nSPS) is 12.9. The van der Waals surface area contributed by atoms with Crippen molar-refractivity contribution in [3.63, 3.8) is 0 Å². The average Bonchev–Trinajstić information content (AvgIpc) is 2.62. The maximum Gasteiger partial charge on any atom is 0.306 e. The van der Waals surface area contributed by atoms with Gasteiger partial charge in [-0.2, -0.15) is 8.42 Å². The third-order valence-corrected chi connectivity index (χ3v) is 18.6. The molecule has 0 bridgehead atoms. The number of aliphatic hydroxyl groups is 1. The SMILES string of the molecule is CCCCCCCCCCCCCC(=O)N[C@@H](CO)COCC[C@@H](CCCCCCC)OC(=O)CCCCCCCCCCC.CCCCCCCCCCCCCC(=O)N[C@H](COCC[C@@H](CCCCCCC)OC(=O)CCCCCCCCCCC)COS(C)(=O)=O. The first-order valence-corrected chi connectivity index (χ1v) is 42.2. The summed E-state index contributed by atoms with van der Waals surface area (Å²) in [4.78, 5) is 50.3. The number of esters is 2. The Morgan fingerprint density at radius 1 is 0.319 bits per heavy atom. The maximum absolute atomic E-state index is 12.7. The van der Waals surface area contributed by atoms with E-state index in [-0.39, 0.29) is 62.4 Å². The van der Waals surface area contributed by atoms with E-state index in [0.29, 0.717) is 51.7 Å². The van der Waals surface area contributed by atoms with Crippen LogP contribution in [-0.2, 0) is 52.4 Å². The predicted molar refractivity (Wildman–Crippen MR) is 395 cm³/mol. The molecule has 0 rings (SSSR count). The van der Waals surface area contributed by atoms with E-state index >= 15 is 0 Å². The number of carbonyl (C=O) groups excluding carboxylic acids is 4. The Labute approximate surface area is 581 Å². The number of nitrogens with one attached hydrogen (secondary N) is 2. The monoisotopic (exact) mass is 1360 g/mol. The average molecular weight is 1360 g/mol. The fourth-order valence-corrected chi connectivity index (χ4v) is 12.4. The van der Waals surface area contributed by atoms with Crippen molar-refractivity contribution in [1.29, 1.82) is 0 Å².